The summed E-state index contributed by atoms with van der Waals surface area (Å²) in [6.45, 7) is 25.8. The van der Waals surface area contributed by atoms with E-state index in [0.717, 1.165) is 28.2 Å². The van der Waals surface area contributed by atoms with Gasteiger partial charge >= 0.3 is 0 Å². The van der Waals surface area contributed by atoms with Crippen molar-refractivity contribution in [3.05, 3.63) is 36.9 Å². The molecule has 3 aromatic rings. The van der Waals surface area contributed by atoms with Gasteiger partial charge in [-0.3, -0.25) is 4.57 Å². The van der Waals surface area contributed by atoms with E-state index < -0.39 is 16.6 Å². The lowest BCUT2D eigenvalue weighted by atomic mass is 10.1. The summed E-state index contributed by atoms with van der Waals surface area (Å²) in [6.07, 6.45) is 3.60. The number of hydrogen-bond donors (Lipinski definition) is 0. The highest BCUT2D eigenvalue weighted by Gasteiger charge is 2.47. The summed E-state index contributed by atoms with van der Waals surface area (Å²) in [6, 6.07) is 7.92. The van der Waals surface area contributed by atoms with E-state index in [4.69, 9.17) is 23.3 Å². The van der Waals surface area contributed by atoms with Crippen LogP contribution in [0.5, 0.6) is 5.75 Å². The fourth-order valence-electron chi connectivity index (χ4n) is 4.41. The molecular formula is C30H48N4O4Si2. The molecule has 1 saturated heterocycles. The number of fused-ring (bicyclic) bond motifs is 1. The molecule has 3 atom stereocenters. The zero-order valence-electron chi connectivity index (χ0n) is 26.2. The van der Waals surface area contributed by atoms with Crippen molar-refractivity contribution in [3.63, 3.8) is 0 Å². The highest BCUT2D eigenvalue weighted by atomic mass is 28.4. The topological polar surface area (TPSA) is 80.5 Å². The number of rotatable bonds is 9. The van der Waals surface area contributed by atoms with Crippen molar-refractivity contribution in [2.75, 3.05) is 13.2 Å². The number of aromatic nitrogens is 4. The van der Waals surface area contributed by atoms with Crippen LogP contribution in [0, 0.1) is 0 Å². The minimum absolute atomic E-state index is 0.0758. The molecule has 0 amide bonds. The van der Waals surface area contributed by atoms with Gasteiger partial charge < -0.3 is 18.3 Å². The molecule has 0 saturated carbocycles. The third kappa shape index (κ3) is 6.21. The molecule has 0 spiro atoms. The van der Waals surface area contributed by atoms with E-state index in [1.54, 1.807) is 6.33 Å². The van der Waals surface area contributed by atoms with Gasteiger partial charge in [0.05, 0.1) is 25.6 Å². The van der Waals surface area contributed by atoms with Crippen molar-refractivity contribution in [3.8, 4) is 17.0 Å². The van der Waals surface area contributed by atoms with Crippen LogP contribution in [0.25, 0.3) is 22.4 Å². The quantitative estimate of drug-likeness (QED) is 0.240. The fourth-order valence-corrected chi connectivity index (χ4v) is 6.78. The fraction of sp³-hybridized carbons (Fsp3) is 0.633. The van der Waals surface area contributed by atoms with E-state index in [9.17, 15) is 0 Å². The summed E-state index contributed by atoms with van der Waals surface area (Å²) < 4.78 is 28.3. The van der Waals surface area contributed by atoms with Crippen LogP contribution in [0.15, 0.2) is 36.9 Å². The maximum Gasteiger partial charge on any atom is 0.192 e. The van der Waals surface area contributed by atoms with Crippen LogP contribution < -0.4 is 4.74 Å². The Labute approximate surface area is 242 Å². The first-order valence-corrected chi connectivity index (χ1v) is 20.2. The number of imidazole rings is 1. The lowest BCUT2D eigenvalue weighted by molar-refractivity contribution is -0.0383. The van der Waals surface area contributed by atoms with Crippen LogP contribution in [0.4, 0.5) is 0 Å². The number of hydrogen-bond acceptors (Lipinski definition) is 7. The van der Waals surface area contributed by atoms with Crippen molar-refractivity contribution >= 4 is 27.8 Å². The molecule has 0 unspecified atom stereocenters. The van der Waals surface area contributed by atoms with Gasteiger partial charge in [0, 0.05) is 12.0 Å². The largest absolute Gasteiger partial charge is 0.493 e. The lowest BCUT2D eigenvalue weighted by Crippen LogP contribution is -2.48. The Hall–Kier alpha value is -2.12. The Morgan fingerprint density at radius 3 is 2.27 bits per heavy atom. The maximum atomic E-state index is 6.97. The minimum atomic E-state index is -2.05. The number of ether oxygens (including phenoxy) is 2. The van der Waals surface area contributed by atoms with E-state index in [0.29, 0.717) is 19.6 Å². The first-order valence-electron chi connectivity index (χ1n) is 14.4. The van der Waals surface area contributed by atoms with Crippen molar-refractivity contribution in [2.45, 2.75) is 110 Å². The van der Waals surface area contributed by atoms with Gasteiger partial charge in [-0.2, -0.15) is 0 Å². The normalized spacial score (nSPS) is 20.8. The van der Waals surface area contributed by atoms with Crippen molar-refractivity contribution in [2.24, 2.45) is 0 Å². The standard InChI is InChI=1S/C30H48N4O4Si2/c1-12-35-22-16-14-13-15-21(22)26-27-28(32-19-31-26)34(20-33-27)25-17-23(38-40(10,11)30(5,6)7)24(37-25)18-36-39(8,9)29(2,3)4/h13-16,19-20,23-25H,12,17-18H2,1-11H3/t23-,24+,25+/m0/s1. The van der Waals surface area contributed by atoms with Crippen molar-refractivity contribution in [1.82, 2.24) is 19.5 Å². The SMILES string of the molecule is CCOc1ccccc1-c1ncnc2c1ncn2[C@H]1C[C@H](O[Si](C)(C)C(C)(C)C)[C@@H](CO[Si](C)(C)C(C)(C)C)O1. The van der Waals surface area contributed by atoms with E-state index in [2.05, 4.69) is 77.7 Å². The molecular weight excluding hydrogens is 537 g/mol. The Balaban J connectivity index is 1.67. The van der Waals surface area contributed by atoms with E-state index in [1.165, 1.54) is 0 Å². The molecule has 0 bridgehead atoms. The Morgan fingerprint density at radius 1 is 0.950 bits per heavy atom. The Kier molecular flexibility index (Phi) is 8.70. The molecule has 0 N–H and O–H groups in total. The summed E-state index contributed by atoms with van der Waals surface area (Å²) in [4.78, 5) is 14.0. The predicted octanol–water partition coefficient (Wildman–Crippen LogP) is 7.59. The number of para-hydroxylation sites is 1. The van der Waals surface area contributed by atoms with Gasteiger partial charge in [0.2, 0.25) is 0 Å². The van der Waals surface area contributed by atoms with Gasteiger partial charge in [-0.05, 0) is 55.3 Å². The number of nitrogens with zero attached hydrogens (tertiary/aromatic N) is 4. The predicted molar refractivity (Wildman–Crippen MR) is 166 cm³/mol. The lowest BCUT2D eigenvalue weighted by Gasteiger charge is -2.40. The first kappa shape index (κ1) is 30.8. The zero-order valence-corrected chi connectivity index (χ0v) is 28.2. The van der Waals surface area contributed by atoms with Gasteiger partial charge in [-0.25, -0.2) is 15.0 Å². The molecule has 10 heteroatoms. The molecule has 4 rings (SSSR count). The number of benzene rings is 1. The molecule has 8 nitrogen and oxygen atoms in total. The smallest absolute Gasteiger partial charge is 0.192 e. The van der Waals surface area contributed by atoms with Crippen LogP contribution in [-0.2, 0) is 13.6 Å². The van der Waals surface area contributed by atoms with Crippen molar-refractivity contribution in [1.29, 1.82) is 0 Å². The summed E-state index contributed by atoms with van der Waals surface area (Å²) in [5, 5.41) is 0.208. The molecule has 0 radical (unpaired) electrons. The molecule has 2 aromatic heterocycles. The average molecular weight is 585 g/mol. The van der Waals surface area contributed by atoms with Crippen LogP contribution >= 0.6 is 0 Å². The summed E-state index contributed by atoms with van der Waals surface area (Å²) in [7, 11) is -4.01. The monoisotopic (exact) mass is 584 g/mol. The molecule has 1 aliphatic rings. The van der Waals surface area contributed by atoms with E-state index in [-0.39, 0.29) is 28.5 Å². The van der Waals surface area contributed by atoms with E-state index >= 15 is 0 Å². The second-order valence-electron chi connectivity index (χ2n) is 13.8. The second-order valence-corrected chi connectivity index (χ2v) is 23.4. The Morgan fingerprint density at radius 2 is 1.62 bits per heavy atom. The summed E-state index contributed by atoms with van der Waals surface area (Å²) in [5.74, 6) is 0.780. The molecule has 1 aromatic carbocycles. The highest BCUT2D eigenvalue weighted by Crippen LogP contribution is 2.43. The summed E-state index contributed by atoms with van der Waals surface area (Å²) in [5.41, 5.74) is 3.10. The second kappa shape index (κ2) is 11.3. The molecule has 220 valence electrons. The van der Waals surface area contributed by atoms with Gasteiger partial charge in [0.1, 0.15) is 35.6 Å². The minimum Gasteiger partial charge on any atom is -0.493 e. The van der Waals surface area contributed by atoms with Crippen LogP contribution in [-0.4, -0.2) is 61.6 Å². The molecule has 0 aliphatic carbocycles. The molecule has 1 fully saturated rings. The van der Waals surface area contributed by atoms with Gasteiger partial charge in [0.15, 0.2) is 22.3 Å². The van der Waals surface area contributed by atoms with Crippen LogP contribution in [0.1, 0.15) is 61.1 Å². The highest BCUT2D eigenvalue weighted by molar-refractivity contribution is 6.74. The summed E-state index contributed by atoms with van der Waals surface area (Å²) >= 11 is 0. The van der Waals surface area contributed by atoms with Gasteiger partial charge in [-0.15, -0.1) is 0 Å². The van der Waals surface area contributed by atoms with Gasteiger partial charge in [-0.1, -0.05) is 53.7 Å². The maximum absolute atomic E-state index is 6.97. The van der Waals surface area contributed by atoms with Crippen molar-refractivity contribution < 1.29 is 18.3 Å². The van der Waals surface area contributed by atoms with E-state index in [1.807, 2.05) is 42.1 Å². The third-order valence-electron chi connectivity index (χ3n) is 8.96. The first-order chi connectivity index (χ1) is 18.6. The zero-order chi connectivity index (χ0) is 29.5. The third-order valence-corrected chi connectivity index (χ3v) is 18.0. The molecule has 40 heavy (non-hydrogen) atoms. The van der Waals surface area contributed by atoms with Gasteiger partial charge in [0.25, 0.3) is 0 Å². The van der Waals surface area contributed by atoms with Crippen LogP contribution in [0.2, 0.25) is 36.3 Å². The molecule has 3 heterocycles. The molecule has 1 aliphatic heterocycles. The average Bonchev–Trinajstić information content (AvgIpc) is 3.45. The van der Waals surface area contributed by atoms with Crippen LogP contribution in [0.3, 0.4) is 0 Å². The Bertz CT molecular complexity index is 1310.